The third-order valence-corrected chi connectivity index (χ3v) is 2.49. The summed E-state index contributed by atoms with van der Waals surface area (Å²) >= 11 is 0. The van der Waals surface area contributed by atoms with Gasteiger partial charge in [-0.1, -0.05) is 0 Å². The number of carbonyl (C=O) groups is 2. The van der Waals surface area contributed by atoms with Crippen LogP contribution in [0.15, 0.2) is 0 Å². The van der Waals surface area contributed by atoms with Gasteiger partial charge in [0.25, 0.3) is 0 Å². The van der Waals surface area contributed by atoms with Crippen LogP contribution in [0.2, 0.25) is 0 Å². The molecule has 0 aliphatic carbocycles. The summed E-state index contributed by atoms with van der Waals surface area (Å²) in [6.07, 6.45) is -0.742. The first kappa shape index (κ1) is 13.9. The van der Waals surface area contributed by atoms with Gasteiger partial charge in [-0.25, -0.2) is 4.79 Å². The van der Waals surface area contributed by atoms with Gasteiger partial charge in [-0.05, 0) is 20.8 Å². The third-order valence-electron chi connectivity index (χ3n) is 2.49. The Labute approximate surface area is 102 Å². The molecule has 1 aliphatic heterocycles. The number of nitrogens with one attached hydrogen (secondary N) is 1. The number of imide groups is 1. The SMILES string of the molecule is CN1CC(=O)N(CC(O)CNC(C)(C)C)C1=O. The maximum absolute atomic E-state index is 11.6. The van der Waals surface area contributed by atoms with Gasteiger partial charge < -0.3 is 15.3 Å². The van der Waals surface area contributed by atoms with Crippen molar-refractivity contribution in [3.63, 3.8) is 0 Å². The minimum Gasteiger partial charge on any atom is -0.390 e. The number of β-amino-alcohol motifs (C(OH)–C–C–N with tert-alkyl or cyclic N) is 1. The van der Waals surface area contributed by atoms with Crippen LogP contribution < -0.4 is 5.32 Å². The zero-order valence-corrected chi connectivity index (χ0v) is 10.9. The van der Waals surface area contributed by atoms with Crippen molar-refractivity contribution in [1.82, 2.24) is 15.1 Å². The number of hydrogen-bond donors (Lipinski definition) is 2. The molecular weight excluding hydrogens is 222 g/mol. The molecule has 1 rings (SSSR count). The van der Waals surface area contributed by atoms with Crippen LogP contribution in [0.5, 0.6) is 0 Å². The van der Waals surface area contributed by atoms with Gasteiger partial charge in [0.2, 0.25) is 5.91 Å². The molecule has 0 aromatic carbocycles. The Bertz CT molecular complexity index is 312. The van der Waals surface area contributed by atoms with Crippen LogP contribution in [-0.4, -0.2) is 65.2 Å². The van der Waals surface area contributed by atoms with Crippen LogP contribution in [0, 0.1) is 0 Å². The average Bonchev–Trinajstić information content (AvgIpc) is 2.41. The Kier molecular flexibility index (Phi) is 4.11. The number of likely N-dealkylation sites (N-methyl/N-ethyl adjacent to an activating group) is 1. The van der Waals surface area contributed by atoms with Crippen LogP contribution in [0.3, 0.4) is 0 Å². The Balaban J connectivity index is 2.44. The second-order valence-electron chi connectivity index (χ2n) is 5.43. The Morgan fingerprint density at radius 3 is 2.41 bits per heavy atom. The first-order valence-corrected chi connectivity index (χ1v) is 5.69. The summed E-state index contributed by atoms with van der Waals surface area (Å²) in [6.45, 7) is 6.45. The number of hydrogen-bond acceptors (Lipinski definition) is 4. The van der Waals surface area contributed by atoms with E-state index in [4.69, 9.17) is 0 Å². The number of rotatable bonds is 4. The first-order valence-electron chi connectivity index (χ1n) is 5.69. The third kappa shape index (κ3) is 3.98. The summed E-state index contributed by atoms with van der Waals surface area (Å²) in [6, 6.07) is -0.343. The molecule has 3 amide bonds. The monoisotopic (exact) mass is 243 g/mol. The lowest BCUT2D eigenvalue weighted by Gasteiger charge is -2.24. The van der Waals surface area contributed by atoms with E-state index in [1.807, 2.05) is 20.8 Å². The van der Waals surface area contributed by atoms with Gasteiger partial charge >= 0.3 is 6.03 Å². The maximum Gasteiger partial charge on any atom is 0.327 e. The molecule has 0 bridgehead atoms. The van der Waals surface area contributed by atoms with Crippen LogP contribution in [0.25, 0.3) is 0 Å². The van der Waals surface area contributed by atoms with Crippen molar-refractivity contribution < 1.29 is 14.7 Å². The molecule has 1 atom stereocenters. The summed E-state index contributed by atoms with van der Waals surface area (Å²) < 4.78 is 0. The van der Waals surface area contributed by atoms with Gasteiger partial charge in [-0.3, -0.25) is 9.69 Å². The molecule has 2 N–H and O–H groups in total. The van der Waals surface area contributed by atoms with Crippen molar-refractivity contribution in [2.24, 2.45) is 0 Å². The van der Waals surface area contributed by atoms with Crippen molar-refractivity contribution in [2.75, 3.05) is 26.7 Å². The molecule has 0 aromatic rings. The molecule has 17 heavy (non-hydrogen) atoms. The zero-order valence-electron chi connectivity index (χ0n) is 10.9. The van der Waals surface area contributed by atoms with Crippen LogP contribution in [0.4, 0.5) is 4.79 Å². The van der Waals surface area contributed by atoms with E-state index in [1.54, 1.807) is 7.05 Å². The van der Waals surface area contributed by atoms with Crippen molar-refractivity contribution in [3.8, 4) is 0 Å². The van der Waals surface area contributed by atoms with E-state index in [0.29, 0.717) is 6.54 Å². The molecule has 1 heterocycles. The summed E-state index contributed by atoms with van der Waals surface area (Å²) in [4.78, 5) is 25.4. The lowest BCUT2D eigenvalue weighted by molar-refractivity contribution is -0.126. The number of nitrogens with zero attached hydrogens (tertiary/aromatic N) is 2. The van der Waals surface area contributed by atoms with Gasteiger partial charge in [0.1, 0.15) is 6.54 Å². The van der Waals surface area contributed by atoms with Crippen molar-refractivity contribution in [3.05, 3.63) is 0 Å². The van der Waals surface area contributed by atoms with E-state index < -0.39 is 6.10 Å². The average molecular weight is 243 g/mol. The number of urea groups is 1. The summed E-state index contributed by atoms with van der Waals surface area (Å²) in [5.74, 6) is -0.257. The first-order chi connectivity index (χ1) is 7.70. The topological polar surface area (TPSA) is 72.9 Å². The highest BCUT2D eigenvalue weighted by molar-refractivity contribution is 6.01. The van der Waals surface area contributed by atoms with Crippen molar-refractivity contribution in [2.45, 2.75) is 32.4 Å². The fourth-order valence-electron chi connectivity index (χ4n) is 1.55. The van der Waals surface area contributed by atoms with Crippen molar-refractivity contribution in [1.29, 1.82) is 0 Å². The second kappa shape index (κ2) is 5.01. The fourth-order valence-corrected chi connectivity index (χ4v) is 1.55. The van der Waals surface area contributed by atoms with Crippen molar-refractivity contribution >= 4 is 11.9 Å². The lowest BCUT2D eigenvalue weighted by atomic mass is 10.1. The van der Waals surface area contributed by atoms with E-state index in [1.165, 1.54) is 4.90 Å². The number of amides is 3. The lowest BCUT2D eigenvalue weighted by Crippen LogP contribution is -2.46. The predicted octanol–water partition coefficient (Wildman–Crippen LogP) is -0.371. The molecule has 1 unspecified atom stereocenters. The summed E-state index contributed by atoms with van der Waals surface area (Å²) in [5.41, 5.74) is -0.100. The molecule has 0 saturated carbocycles. The van der Waals surface area contributed by atoms with E-state index in [2.05, 4.69) is 5.32 Å². The summed E-state index contributed by atoms with van der Waals surface area (Å²) in [5, 5.41) is 12.9. The number of aliphatic hydroxyl groups is 1. The van der Waals surface area contributed by atoms with Crippen LogP contribution >= 0.6 is 0 Å². The zero-order chi connectivity index (χ0) is 13.2. The molecule has 1 saturated heterocycles. The van der Waals surface area contributed by atoms with Gasteiger partial charge in [0.05, 0.1) is 12.6 Å². The number of aliphatic hydroxyl groups excluding tert-OH is 1. The predicted molar refractivity (Wildman–Crippen MR) is 63.5 cm³/mol. The summed E-state index contributed by atoms with van der Waals surface area (Å²) in [7, 11) is 1.57. The Morgan fingerprint density at radius 1 is 1.41 bits per heavy atom. The fraction of sp³-hybridized carbons (Fsp3) is 0.818. The molecule has 6 nitrogen and oxygen atoms in total. The van der Waals surface area contributed by atoms with E-state index in [-0.39, 0.29) is 30.6 Å². The molecule has 1 fully saturated rings. The minimum absolute atomic E-state index is 0.0467. The largest absolute Gasteiger partial charge is 0.390 e. The van der Waals surface area contributed by atoms with Gasteiger partial charge in [-0.15, -0.1) is 0 Å². The molecule has 0 spiro atoms. The highest BCUT2D eigenvalue weighted by atomic mass is 16.3. The minimum atomic E-state index is -0.742. The molecule has 98 valence electrons. The molecular formula is C11H21N3O3. The normalized spacial score (nSPS) is 19.1. The van der Waals surface area contributed by atoms with E-state index >= 15 is 0 Å². The smallest absolute Gasteiger partial charge is 0.327 e. The van der Waals surface area contributed by atoms with Crippen LogP contribution in [-0.2, 0) is 4.79 Å². The molecule has 0 aromatic heterocycles. The quantitative estimate of drug-likeness (QED) is 0.661. The Hall–Kier alpha value is -1.14. The van der Waals surface area contributed by atoms with Gasteiger partial charge in [-0.2, -0.15) is 0 Å². The molecule has 0 radical (unpaired) electrons. The standard InChI is InChI=1S/C11H21N3O3/c1-11(2,3)12-5-8(15)6-14-9(16)7-13(4)10(14)17/h8,12,15H,5-7H2,1-4H3. The van der Waals surface area contributed by atoms with Gasteiger partial charge in [0, 0.05) is 19.1 Å². The highest BCUT2D eigenvalue weighted by Crippen LogP contribution is 2.08. The van der Waals surface area contributed by atoms with Crippen LogP contribution in [0.1, 0.15) is 20.8 Å². The molecule has 6 heteroatoms. The molecule has 1 aliphatic rings. The highest BCUT2D eigenvalue weighted by Gasteiger charge is 2.34. The van der Waals surface area contributed by atoms with E-state index in [0.717, 1.165) is 4.90 Å². The van der Waals surface area contributed by atoms with E-state index in [9.17, 15) is 14.7 Å². The second-order valence-corrected chi connectivity index (χ2v) is 5.43. The maximum atomic E-state index is 11.6. The Morgan fingerprint density at radius 2 is 2.00 bits per heavy atom. The van der Waals surface area contributed by atoms with Gasteiger partial charge in [0.15, 0.2) is 0 Å². The number of carbonyl (C=O) groups excluding carboxylic acids is 2.